The smallest absolute Gasteiger partial charge is 0.221 e. The number of aromatic nitrogens is 5. The molecule has 0 aromatic carbocycles. The summed E-state index contributed by atoms with van der Waals surface area (Å²) in [5.41, 5.74) is 3.19. The lowest BCUT2D eigenvalue weighted by atomic mass is 10.2. The zero-order chi connectivity index (χ0) is 18.8. The van der Waals surface area contributed by atoms with Crippen molar-refractivity contribution < 1.29 is 4.74 Å². The number of anilines is 1. The molecule has 3 aromatic heterocycles. The third-order valence-corrected chi connectivity index (χ3v) is 4.86. The topological polar surface area (TPSA) is 77.8 Å². The fourth-order valence-electron chi connectivity index (χ4n) is 3.24. The number of rotatable bonds is 7. The van der Waals surface area contributed by atoms with Gasteiger partial charge in [-0.05, 0) is 32.4 Å². The Labute approximate surface area is 158 Å². The van der Waals surface area contributed by atoms with E-state index in [2.05, 4.69) is 31.4 Å². The van der Waals surface area contributed by atoms with Crippen LogP contribution in [0.15, 0.2) is 36.8 Å². The van der Waals surface area contributed by atoms with E-state index in [1.807, 2.05) is 51.6 Å². The van der Waals surface area contributed by atoms with Crippen molar-refractivity contribution in [1.29, 1.82) is 0 Å². The lowest BCUT2D eigenvalue weighted by molar-refractivity contribution is 0.282. The second kappa shape index (κ2) is 7.34. The first kappa shape index (κ1) is 17.5. The first-order valence-electron chi connectivity index (χ1n) is 9.20. The number of ether oxygens (including phenoxy) is 1. The molecule has 1 N–H and O–H groups in total. The number of hydrogen-bond donors (Lipinski definition) is 1. The maximum Gasteiger partial charge on any atom is 0.221 e. The minimum Gasteiger partial charge on any atom is -0.477 e. The largest absolute Gasteiger partial charge is 0.477 e. The van der Waals surface area contributed by atoms with E-state index in [1.54, 1.807) is 4.68 Å². The number of pyridine rings is 1. The van der Waals surface area contributed by atoms with E-state index in [1.165, 1.54) is 0 Å². The molecule has 0 unspecified atom stereocenters. The minimum absolute atomic E-state index is 0.498. The Morgan fingerprint density at radius 2 is 2.15 bits per heavy atom. The monoisotopic (exact) mass is 364 g/mol. The van der Waals surface area contributed by atoms with E-state index in [4.69, 9.17) is 4.74 Å². The van der Waals surface area contributed by atoms with Gasteiger partial charge in [0.15, 0.2) is 0 Å². The molecule has 1 aliphatic rings. The summed E-state index contributed by atoms with van der Waals surface area (Å²) in [4.78, 5) is 13.5. The van der Waals surface area contributed by atoms with Crippen molar-refractivity contribution in [2.45, 2.75) is 32.7 Å². The number of nitrogens with zero attached hydrogens (tertiary/aromatic N) is 5. The van der Waals surface area contributed by atoms with E-state index in [9.17, 15) is 0 Å². The van der Waals surface area contributed by atoms with Gasteiger partial charge in [-0.3, -0.25) is 9.67 Å². The number of hydrogen-bond acceptors (Lipinski definition) is 6. The van der Waals surface area contributed by atoms with Crippen LogP contribution >= 0.6 is 0 Å². The average molecular weight is 364 g/mol. The number of nitrogens with one attached hydrogen (secondary N) is 1. The molecule has 0 radical (unpaired) electrons. The lowest BCUT2D eigenvalue weighted by Gasteiger charge is -2.13. The van der Waals surface area contributed by atoms with Crippen LogP contribution in [0.4, 0.5) is 5.82 Å². The Morgan fingerprint density at radius 1 is 1.26 bits per heavy atom. The molecule has 2 atom stereocenters. The van der Waals surface area contributed by atoms with Crippen molar-refractivity contribution in [1.82, 2.24) is 24.7 Å². The molecule has 7 heteroatoms. The van der Waals surface area contributed by atoms with Crippen LogP contribution in [0.3, 0.4) is 0 Å². The molecule has 4 rings (SSSR count). The van der Waals surface area contributed by atoms with Gasteiger partial charge < -0.3 is 10.1 Å². The summed E-state index contributed by atoms with van der Waals surface area (Å²) in [6.07, 6.45) is 6.80. The zero-order valence-electron chi connectivity index (χ0n) is 15.9. The van der Waals surface area contributed by atoms with Crippen molar-refractivity contribution in [3.8, 4) is 5.88 Å². The van der Waals surface area contributed by atoms with E-state index in [0.717, 1.165) is 29.1 Å². The van der Waals surface area contributed by atoms with Crippen LogP contribution in [-0.4, -0.2) is 31.3 Å². The highest BCUT2D eigenvalue weighted by Gasteiger charge is 2.40. The van der Waals surface area contributed by atoms with Gasteiger partial charge in [-0.15, -0.1) is 0 Å². The van der Waals surface area contributed by atoms with Crippen molar-refractivity contribution in [3.63, 3.8) is 0 Å². The van der Waals surface area contributed by atoms with Crippen molar-refractivity contribution in [3.05, 3.63) is 59.4 Å². The van der Waals surface area contributed by atoms with Crippen molar-refractivity contribution in [2.75, 3.05) is 11.9 Å². The molecular weight excluding hydrogens is 340 g/mol. The van der Waals surface area contributed by atoms with Gasteiger partial charge in [0.1, 0.15) is 11.6 Å². The quantitative estimate of drug-likeness (QED) is 0.694. The summed E-state index contributed by atoms with van der Waals surface area (Å²) in [5.74, 6) is 3.15. The molecule has 0 bridgehead atoms. The van der Waals surface area contributed by atoms with Gasteiger partial charge >= 0.3 is 0 Å². The zero-order valence-corrected chi connectivity index (χ0v) is 15.9. The fraction of sp³-hybridized carbons (Fsp3) is 0.400. The molecule has 3 heterocycles. The highest BCUT2D eigenvalue weighted by molar-refractivity contribution is 5.48. The summed E-state index contributed by atoms with van der Waals surface area (Å²) < 4.78 is 7.84. The second-order valence-corrected chi connectivity index (χ2v) is 7.09. The van der Waals surface area contributed by atoms with Gasteiger partial charge in [-0.25, -0.2) is 4.98 Å². The maximum atomic E-state index is 6.05. The number of aryl methyl sites for hydroxylation is 2. The second-order valence-electron chi connectivity index (χ2n) is 7.09. The van der Waals surface area contributed by atoms with Gasteiger partial charge in [-0.2, -0.15) is 10.1 Å². The molecule has 140 valence electrons. The molecule has 0 aliphatic heterocycles. The van der Waals surface area contributed by atoms with E-state index in [-0.39, 0.29) is 0 Å². The Bertz CT molecular complexity index is 923. The first-order chi connectivity index (χ1) is 13.1. The molecule has 27 heavy (non-hydrogen) atoms. The maximum absolute atomic E-state index is 6.05. The Morgan fingerprint density at radius 3 is 2.89 bits per heavy atom. The van der Waals surface area contributed by atoms with Crippen LogP contribution in [0.1, 0.15) is 35.0 Å². The lowest BCUT2D eigenvalue weighted by Crippen LogP contribution is -2.10. The molecule has 7 nitrogen and oxygen atoms in total. The molecule has 1 saturated carbocycles. The molecule has 0 amide bonds. The predicted octanol–water partition coefficient (Wildman–Crippen LogP) is 3.02. The predicted molar refractivity (Wildman–Crippen MR) is 103 cm³/mol. The van der Waals surface area contributed by atoms with Crippen LogP contribution in [-0.2, 0) is 13.6 Å². The SMILES string of the molecule is Cc1nc(NCc2cnn(C)c2)c(C)c(OC[C@H]2C[C@@H]2c2ccccn2)n1. The van der Waals surface area contributed by atoms with Crippen LogP contribution in [0.5, 0.6) is 5.88 Å². The van der Waals surface area contributed by atoms with Crippen LogP contribution < -0.4 is 10.1 Å². The first-order valence-corrected chi connectivity index (χ1v) is 9.20. The Hall–Kier alpha value is -2.96. The van der Waals surface area contributed by atoms with Crippen molar-refractivity contribution >= 4 is 5.82 Å². The molecule has 0 spiro atoms. The van der Waals surface area contributed by atoms with E-state index in [0.29, 0.717) is 36.7 Å². The Balaban J connectivity index is 1.39. The van der Waals surface area contributed by atoms with E-state index >= 15 is 0 Å². The molecular formula is C20H24N6O. The van der Waals surface area contributed by atoms with Gasteiger partial charge in [0, 0.05) is 49.1 Å². The molecule has 3 aromatic rings. The summed E-state index contributed by atoms with van der Waals surface area (Å²) in [5, 5.41) is 7.56. The fourth-order valence-corrected chi connectivity index (χ4v) is 3.24. The summed E-state index contributed by atoms with van der Waals surface area (Å²) >= 11 is 0. The highest BCUT2D eigenvalue weighted by atomic mass is 16.5. The Kier molecular flexibility index (Phi) is 4.75. The van der Waals surface area contributed by atoms with Crippen LogP contribution in [0.25, 0.3) is 0 Å². The average Bonchev–Trinajstić information content (AvgIpc) is 3.34. The van der Waals surface area contributed by atoms with Gasteiger partial charge in [0.2, 0.25) is 5.88 Å². The normalized spacial score (nSPS) is 18.3. The summed E-state index contributed by atoms with van der Waals surface area (Å²) in [7, 11) is 1.91. The summed E-state index contributed by atoms with van der Waals surface area (Å²) in [6, 6.07) is 6.08. The highest BCUT2D eigenvalue weighted by Crippen LogP contribution is 2.46. The van der Waals surface area contributed by atoms with Gasteiger partial charge in [0.25, 0.3) is 0 Å². The van der Waals surface area contributed by atoms with Gasteiger partial charge in [-0.1, -0.05) is 6.07 Å². The molecule has 1 fully saturated rings. The minimum atomic E-state index is 0.498. The van der Waals surface area contributed by atoms with Crippen molar-refractivity contribution in [2.24, 2.45) is 13.0 Å². The van der Waals surface area contributed by atoms with Crippen LogP contribution in [0, 0.1) is 19.8 Å². The third kappa shape index (κ3) is 4.07. The van der Waals surface area contributed by atoms with Gasteiger partial charge in [0.05, 0.1) is 18.4 Å². The van der Waals surface area contributed by atoms with E-state index < -0.39 is 0 Å². The molecule has 0 saturated heterocycles. The molecule has 1 aliphatic carbocycles. The standard InChI is InChI=1S/C20H24N6O/c1-13-19(22-9-15-10-23-26(3)11-15)24-14(2)25-20(13)27-12-16-8-17(16)18-6-4-5-7-21-18/h4-7,10-11,16-17H,8-9,12H2,1-3H3,(H,22,24,25)/t16-,17+/m1/s1. The summed E-state index contributed by atoms with van der Waals surface area (Å²) in [6.45, 7) is 5.19. The van der Waals surface area contributed by atoms with Crippen LogP contribution in [0.2, 0.25) is 0 Å². The third-order valence-electron chi connectivity index (χ3n) is 4.86.